The van der Waals surface area contributed by atoms with Crippen molar-refractivity contribution in [2.75, 3.05) is 0 Å². The number of amidine groups is 1. The first-order chi connectivity index (χ1) is 2.27. The van der Waals surface area contributed by atoms with Gasteiger partial charge in [-0.3, -0.25) is 5.41 Å². The average molecular weight is 71.1 g/mol. The normalized spacial score (nSPS) is 7.40. The van der Waals surface area contributed by atoms with Gasteiger partial charge in [-0.1, -0.05) is 0 Å². The molecule has 29 valence electrons. The lowest BCUT2D eigenvalue weighted by Crippen LogP contribution is -2.05. The van der Waals surface area contributed by atoms with E-state index in [4.69, 9.17) is 11.1 Å². The van der Waals surface area contributed by atoms with Gasteiger partial charge in [-0.2, -0.15) is 0 Å². The largest absolute Gasteiger partial charge is 0.388 e. The van der Waals surface area contributed by atoms with Gasteiger partial charge < -0.3 is 5.73 Å². The van der Waals surface area contributed by atoms with Crippen LogP contribution in [0.1, 0.15) is 6.42 Å². The smallest absolute Gasteiger partial charge is 0.0905 e. The third-order valence-electron chi connectivity index (χ3n) is 0.269. The van der Waals surface area contributed by atoms with E-state index in [0.717, 1.165) is 0 Å². The quantitative estimate of drug-likeness (QED) is 0.335. The van der Waals surface area contributed by atoms with Crippen LogP contribution in [0.3, 0.4) is 0 Å². The summed E-state index contributed by atoms with van der Waals surface area (Å²) < 4.78 is 0. The van der Waals surface area contributed by atoms with E-state index in [-0.39, 0.29) is 5.84 Å². The highest BCUT2D eigenvalue weighted by Crippen LogP contribution is 1.63. The first kappa shape index (κ1) is 4.47. The van der Waals surface area contributed by atoms with Gasteiger partial charge in [0.2, 0.25) is 0 Å². The minimum atomic E-state index is 0.144. The summed E-state index contributed by atoms with van der Waals surface area (Å²) in [4.78, 5) is 0. The second kappa shape index (κ2) is 1.76. The van der Waals surface area contributed by atoms with E-state index < -0.39 is 0 Å². The van der Waals surface area contributed by atoms with Crippen molar-refractivity contribution >= 4 is 5.84 Å². The Labute approximate surface area is 31.5 Å². The van der Waals surface area contributed by atoms with Gasteiger partial charge in [-0.05, 0) is 6.92 Å². The summed E-state index contributed by atoms with van der Waals surface area (Å²) in [7, 11) is 0. The Bertz CT molecular complexity index is 40.2. The predicted molar refractivity (Wildman–Crippen MR) is 21.9 cm³/mol. The van der Waals surface area contributed by atoms with Gasteiger partial charge in [-0.15, -0.1) is 0 Å². The summed E-state index contributed by atoms with van der Waals surface area (Å²) >= 11 is 0. The molecule has 0 rings (SSSR count). The number of hydrogen-bond donors (Lipinski definition) is 2. The van der Waals surface area contributed by atoms with Crippen molar-refractivity contribution in [1.82, 2.24) is 0 Å². The monoisotopic (exact) mass is 71.1 g/mol. The molecule has 0 saturated heterocycles. The molecule has 1 radical (unpaired) electrons. The van der Waals surface area contributed by atoms with Crippen LogP contribution < -0.4 is 5.73 Å². The summed E-state index contributed by atoms with van der Waals surface area (Å²) in [6, 6.07) is 0. The fourth-order valence-electron chi connectivity index (χ4n) is 0. The first-order valence-corrected chi connectivity index (χ1v) is 1.39. The zero-order chi connectivity index (χ0) is 4.28. The topological polar surface area (TPSA) is 49.9 Å². The molecule has 0 aliphatic rings. The minimum Gasteiger partial charge on any atom is -0.388 e. The zero-order valence-electron chi connectivity index (χ0n) is 2.99. The molecule has 3 N–H and O–H groups in total. The molecule has 0 aromatic rings. The molecule has 0 bridgehead atoms. The molecule has 0 amide bonds. The second-order valence-corrected chi connectivity index (χ2v) is 0.775. The molecule has 2 nitrogen and oxygen atoms in total. The summed E-state index contributed by atoms with van der Waals surface area (Å²) in [6.07, 6.45) is 0.417. The highest BCUT2D eigenvalue weighted by molar-refractivity contribution is 5.77. The minimum absolute atomic E-state index is 0.144. The van der Waals surface area contributed by atoms with Crippen molar-refractivity contribution in [3.63, 3.8) is 0 Å². The van der Waals surface area contributed by atoms with Gasteiger partial charge in [-0.25, -0.2) is 0 Å². The van der Waals surface area contributed by atoms with E-state index in [2.05, 4.69) is 6.92 Å². The zero-order valence-corrected chi connectivity index (χ0v) is 2.99. The maximum atomic E-state index is 6.46. The molecule has 0 aromatic carbocycles. The van der Waals surface area contributed by atoms with Gasteiger partial charge in [0, 0.05) is 6.42 Å². The van der Waals surface area contributed by atoms with E-state index >= 15 is 0 Å². The van der Waals surface area contributed by atoms with E-state index in [1.54, 1.807) is 0 Å². The number of hydrogen-bond acceptors (Lipinski definition) is 1. The van der Waals surface area contributed by atoms with Crippen molar-refractivity contribution in [2.45, 2.75) is 6.42 Å². The predicted octanol–water partition coefficient (Wildman–Crippen LogP) is 0.147. The molecule has 0 aliphatic heterocycles. The maximum absolute atomic E-state index is 6.46. The fourth-order valence-corrected chi connectivity index (χ4v) is 0. The van der Waals surface area contributed by atoms with Crippen LogP contribution >= 0.6 is 0 Å². The molecular weight excluding hydrogens is 64.0 g/mol. The summed E-state index contributed by atoms with van der Waals surface area (Å²) in [5.41, 5.74) is 4.81. The van der Waals surface area contributed by atoms with Crippen molar-refractivity contribution < 1.29 is 0 Å². The number of rotatable bonds is 1. The third-order valence-corrected chi connectivity index (χ3v) is 0.269. The Kier molecular flexibility index (Phi) is 1.57. The van der Waals surface area contributed by atoms with Crippen molar-refractivity contribution in [3.8, 4) is 0 Å². The van der Waals surface area contributed by atoms with Gasteiger partial charge in [0.15, 0.2) is 0 Å². The molecule has 0 spiro atoms. The highest BCUT2D eigenvalue weighted by Gasteiger charge is 1.71. The van der Waals surface area contributed by atoms with Crippen LogP contribution in [0, 0.1) is 12.3 Å². The summed E-state index contributed by atoms with van der Waals surface area (Å²) in [5, 5.41) is 6.46. The number of nitrogens with one attached hydrogen (secondary N) is 1. The molecular formula is C3H7N2. The maximum Gasteiger partial charge on any atom is 0.0905 e. The van der Waals surface area contributed by atoms with E-state index in [9.17, 15) is 0 Å². The lowest BCUT2D eigenvalue weighted by atomic mass is 10.5. The molecule has 0 saturated carbocycles. The van der Waals surface area contributed by atoms with E-state index in [1.807, 2.05) is 0 Å². The molecule has 0 aromatic heterocycles. The molecule has 5 heavy (non-hydrogen) atoms. The van der Waals surface area contributed by atoms with Crippen LogP contribution in [-0.4, -0.2) is 5.84 Å². The third kappa shape index (κ3) is 3.47. The highest BCUT2D eigenvalue weighted by atomic mass is 14.7. The average Bonchev–Trinajstić information content (AvgIpc) is 1.38. The Morgan fingerprint density at radius 1 is 2.00 bits per heavy atom. The molecule has 0 unspecified atom stereocenters. The van der Waals surface area contributed by atoms with Crippen LogP contribution in [0.15, 0.2) is 0 Å². The number of nitrogens with two attached hydrogens (primary N) is 1. The molecule has 0 aliphatic carbocycles. The fraction of sp³-hybridized carbons (Fsp3) is 0.333. The van der Waals surface area contributed by atoms with Crippen LogP contribution in [0.4, 0.5) is 0 Å². The van der Waals surface area contributed by atoms with Crippen molar-refractivity contribution in [3.05, 3.63) is 6.92 Å². The Morgan fingerprint density at radius 3 is 2.20 bits per heavy atom. The first-order valence-electron chi connectivity index (χ1n) is 1.39. The Hall–Kier alpha value is -0.530. The summed E-state index contributed by atoms with van der Waals surface area (Å²) in [5.74, 6) is 0.144. The van der Waals surface area contributed by atoms with Crippen molar-refractivity contribution in [1.29, 1.82) is 5.41 Å². The van der Waals surface area contributed by atoms with E-state index in [1.165, 1.54) is 0 Å². The van der Waals surface area contributed by atoms with E-state index in [0.29, 0.717) is 6.42 Å². The Balaban J connectivity index is 2.85. The lowest BCUT2D eigenvalue weighted by Gasteiger charge is -1.78. The van der Waals surface area contributed by atoms with Crippen LogP contribution in [0.2, 0.25) is 0 Å². The van der Waals surface area contributed by atoms with Crippen LogP contribution in [-0.2, 0) is 0 Å². The van der Waals surface area contributed by atoms with Gasteiger partial charge in [0.25, 0.3) is 0 Å². The summed E-state index contributed by atoms with van der Waals surface area (Å²) in [6.45, 7) is 3.34. The molecule has 2 heteroatoms. The van der Waals surface area contributed by atoms with Crippen LogP contribution in [0.5, 0.6) is 0 Å². The van der Waals surface area contributed by atoms with Crippen molar-refractivity contribution in [2.24, 2.45) is 5.73 Å². The SMILES string of the molecule is [CH2]CC(=N)N. The van der Waals surface area contributed by atoms with Gasteiger partial charge in [0.1, 0.15) is 0 Å². The molecule has 0 fully saturated rings. The lowest BCUT2D eigenvalue weighted by molar-refractivity contribution is 1.32. The van der Waals surface area contributed by atoms with Gasteiger partial charge >= 0.3 is 0 Å². The molecule has 0 heterocycles. The van der Waals surface area contributed by atoms with Crippen LogP contribution in [0.25, 0.3) is 0 Å². The Morgan fingerprint density at radius 2 is 2.20 bits per heavy atom. The molecule has 0 atom stereocenters. The standard InChI is InChI=1S/C3H7N2/c1-2-3(4)5/h1-2H2,(H3,4,5). The second-order valence-electron chi connectivity index (χ2n) is 0.775. The van der Waals surface area contributed by atoms with Gasteiger partial charge in [0.05, 0.1) is 5.84 Å².